The van der Waals surface area contributed by atoms with Gasteiger partial charge in [-0.2, -0.15) is 0 Å². The molecule has 0 aromatic carbocycles. The van der Waals surface area contributed by atoms with Crippen LogP contribution < -0.4 is 5.56 Å². The maximum Gasteiger partial charge on any atom is 0.263 e. The van der Waals surface area contributed by atoms with Crippen molar-refractivity contribution in [1.82, 2.24) is 14.1 Å². The van der Waals surface area contributed by atoms with E-state index in [1.54, 1.807) is 6.33 Å². The van der Waals surface area contributed by atoms with E-state index in [0.717, 1.165) is 29.7 Å². The smallest absolute Gasteiger partial charge is 0.263 e. The van der Waals surface area contributed by atoms with Gasteiger partial charge in [0.15, 0.2) is 0 Å². The van der Waals surface area contributed by atoms with Crippen LogP contribution in [0.2, 0.25) is 0 Å². The summed E-state index contributed by atoms with van der Waals surface area (Å²) >= 11 is 0. The van der Waals surface area contributed by atoms with E-state index >= 15 is 0 Å². The van der Waals surface area contributed by atoms with E-state index in [0.29, 0.717) is 11.4 Å². The third-order valence-electron chi connectivity index (χ3n) is 5.49. The SMILES string of the molecule is Cc1c(C)n(C2CCCCC2)c2ncn(CC(O)COC(C)C)c(=O)c12. The minimum absolute atomic E-state index is 0.0522. The number of nitrogens with zero attached hydrogens (tertiary/aromatic N) is 3. The van der Waals surface area contributed by atoms with Gasteiger partial charge < -0.3 is 14.4 Å². The molecule has 1 atom stereocenters. The van der Waals surface area contributed by atoms with Crippen molar-refractivity contribution in [3.8, 4) is 0 Å². The summed E-state index contributed by atoms with van der Waals surface area (Å²) < 4.78 is 9.22. The summed E-state index contributed by atoms with van der Waals surface area (Å²) in [5.74, 6) is 0. The van der Waals surface area contributed by atoms with Crippen molar-refractivity contribution >= 4 is 11.0 Å². The van der Waals surface area contributed by atoms with Gasteiger partial charge in [0.25, 0.3) is 5.56 Å². The van der Waals surface area contributed by atoms with Crippen molar-refractivity contribution < 1.29 is 9.84 Å². The third kappa shape index (κ3) is 3.71. The van der Waals surface area contributed by atoms with Crippen LogP contribution in [0.1, 0.15) is 63.3 Å². The second-order valence-electron chi connectivity index (χ2n) is 7.81. The monoisotopic (exact) mass is 361 g/mol. The lowest BCUT2D eigenvalue weighted by molar-refractivity contribution is -0.00112. The zero-order chi connectivity index (χ0) is 18.8. The van der Waals surface area contributed by atoms with Crippen LogP contribution in [0, 0.1) is 13.8 Å². The summed E-state index contributed by atoms with van der Waals surface area (Å²) in [5.41, 5.74) is 2.86. The van der Waals surface area contributed by atoms with E-state index in [9.17, 15) is 9.90 Å². The Hall–Kier alpha value is -1.66. The molecule has 2 aromatic heterocycles. The Labute approximate surface area is 154 Å². The summed E-state index contributed by atoms with van der Waals surface area (Å²) in [5, 5.41) is 10.9. The molecule has 6 nitrogen and oxygen atoms in total. The first-order valence-corrected chi connectivity index (χ1v) is 9.76. The quantitative estimate of drug-likeness (QED) is 0.858. The van der Waals surface area contributed by atoms with E-state index in [2.05, 4.69) is 16.5 Å². The van der Waals surface area contributed by atoms with E-state index in [1.807, 2.05) is 20.8 Å². The summed E-state index contributed by atoms with van der Waals surface area (Å²) in [7, 11) is 0. The van der Waals surface area contributed by atoms with Gasteiger partial charge in [0.1, 0.15) is 5.65 Å². The van der Waals surface area contributed by atoms with Gasteiger partial charge in [-0.1, -0.05) is 19.3 Å². The Kier molecular flexibility index (Phi) is 5.82. The molecule has 0 saturated heterocycles. The molecule has 2 aromatic rings. The zero-order valence-corrected chi connectivity index (χ0v) is 16.4. The third-order valence-corrected chi connectivity index (χ3v) is 5.49. The normalized spacial score (nSPS) is 17.3. The number of aryl methyl sites for hydroxylation is 1. The molecule has 26 heavy (non-hydrogen) atoms. The molecule has 1 aliphatic carbocycles. The molecule has 1 unspecified atom stereocenters. The highest BCUT2D eigenvalue weighted by atomic mass is 16.5. The van der Waals surface area contributed by atoms with Gasteiger partial charge in [0.05, 0.1) is 37.1 Å². The predicted molar refractivity (Wildman–Crippen MR) is 103 cm³/mol. The van der Waals surface area contributed by atoms with Crippen LogP contribution in [0.3, 0.4) is 0 Å². The number of hydrogen-bond donors (Lipinski definition) is 1. The zero-order valence-electron chi connectivity index (χ0n) is 16.4. The van der Waals surface area contributed by atoms with Gasteiger partial charge >= 0.3 is 0 Å². The minimum atomic E-state index is -0.726. The van der Waals surface area contributed by atoms with Crippen molar-refractivity contribution in [1.29, 1.82) is 0 Å². The number of hydrogen-bond acceptors (Lipinski definition) is 4. The van der Waals surface area contributed by atoms with Gasteiger partial charge in [-0.25, -0.2) is 4.98 Å². The van der Waals surface area contributed by atoms with Gasteiger partial charge in [-0.15, -0.1) is 0 Å². The molecule has 1 N–H and O–H groups in total. The van der Waals surface area contributed by atoms with E-state index in [-0.39, 0.29) is 24.8 Å². The number of aliphatic hydroxyl groups is 1. The van der Waals surface area contributed by atoms with Crippen molar-refractivity contribution in [3.63, 3.8) is 0 Å². The number of rotatable bonds is 6. The average molecular weight is 361 g/mol. The molecule has 2 heterocycles. The Morgan fingerprint density at radius 2 is 1.96 bits per heavy atom. The van der Waals surface area contributed by atoms with Crippen molar-refractivity contribution in [3.05, 3.63) is 27.9 Å². The maximum absolute atomic E-state index is 13.0. The summed E-state index contributed by atoms with van der Waals surface area (Å²) in [6.45, 7) is 8.34. The van der Waals surface area contributed by atoms with Crippen LogP contribution in [0.4, 0.5) is 0 Å². The molecule has 0 bridgehead atoms. The van der Waals surface area contributed by atoms with Crippen molar-refractivity contribution in [2.24, 2.45) is 0 Å². The van der Waals surface area contributed by atoms with Crippen LogP contribution in [0.5, 0.6) is 0 Å². The molecule has 6 heteroatoms. The fraction of sp³-hybridized carbons (Fsp3) is 0.700. The fourth-order valence-corrected chi connectivity index (χ4v) is 4.01. The Morgan fingerprint density at radius 1 is 1.27 bits per heavy atom. The van der Waals surface area contributed by atoms with Crippen LogP contribution in [0.25, 0.3) is 11.0 Å². The maximum atomic E-state index is 13.0. The molecule has 0 radical (unpaired) electrons. The van der Waals surface area contributed by atoms with Gasteiger partial charge in [0.2, 0.25) is 0 Å². The minimum Gasteiger partial charge on any atom is -0.389 e. The Balaban J connectivity index is 1.94. The lowest BCUT2D eigenvalue weighted by atomic mass is 9.95. The molecule has 0 amide bonds. The standard InChI is InChI=1S/C20H31N3O3/c1-13(2)26-11-17(24)10-22-12-21-19-18(20(22)25)14(3)15(4)23(19)16-8-6-5-7-9-16/h12-13,16-17,24H,5-11H2,1-4H3. The molecule has 0 aliphatic heterocycles. The first-order valence-electron chi connectivity index (χ1n) is 9.76. The van der Waals surface area contributed by atoms with Crippen molar-refractivity contribution in [2.45, 2.75) is 84.6 Å². The number of ether oxygens (including phenoxy) is 1. The second kappa shape index (κ2) is 7.92. The van der Waals surface area contributed by atoms with Gasteiger partial charge in [-0.3, -0.25) is 9.36 Å². The highest BCUT2D eigenvalue weighted by Crippen LogP contribution is 2.33. The van der Waals surface area contributed by atoms with Crippen LogP contribution in [-0.2, 0) is 11.3 Å². The molecule has 1 saturated carbocycles. The second-order valence-corrected chi connectivity index (χ2v) is 7.81. The molecule has 0 spiro atoms. The number of fused-ring (bicyclic) bond motifs is 1. The van der Waals surface area contributed by atoms with E-state index < -0.39 is 6.10 Å². The first-order chi connectivity index (χ1) is 12.4. The Morgan fingerprint density at radius 3 is 2.62 bits per heavy atom. The number of aliphatic hydroxyl groups excluding tert-OH is 1. The summed E-state index contributed by atoms with van der Waals surface area (Å²) in [4.78, 5) is 17.7. The summed E-state index contributed by atoms with van der Waals surface area (Å²) in [6.07, 6.45) is 6.98. The average Bonchev–Trinajstić information content (AvgIpc) is 2.88. The van der Waals surface area contributed by atoms with E-state index in [4.69, 9.17) is 4.74 Å². The number of aromatic nitrogens is 3. The summed E-state index contributed by atoms with van der Waals surface area (Å²) in [6, 6.07) is 0.438. The van der Waals surface area contributed by atoms with E-state index in [1.165, 1.54) is 23.8 Å². The largest absolute Gasteiger partial charge is 0.389 e. The molecule has 144 valence electrons. The molecular formula is C20H31N3O3. The first kappa shape index (κ1) is 19.1. The molecule has 1 aliphatic rings. The topological polar surface area (TPSA) is 69.3 Å². The van der Waals surface area contributed by atoms with Crippen LogP contribution in [-0.4, -0.2) is 38.0 Å². The van der Waals surface area contributed by atoms with Gasteiger partial charge in [-0.05, 0) is 46.1 Å². The molecule has 3 rings (SSSR count). The highest BCUT2D eigenvalue weighted by molar-refractivity contribution is 5.81. The highest BCUT2D eigenvalue weighted by Gasteiger charge is 2.24. The van der Waals surface area contributed by atoms with Crippen molar-refractivity contribution in [2.75, 3.05) is 6.61 Å². The Bertz CT molecular complexity index is 816. The fourth-order valence-electron chi connectivity index (χ4n) is 4.01. The lowest BCUT2D eigenvalue weighted by Gasteiger charge is -2.25. The van der Waals surface area contributed by atoms with Crippen LogP contribution in [0.15, 0.2) is 11.1 Å². The van der Waals surface area contributed by atoms with Gasteiger partial charge in [0, 0.05) is 11.7 Å². The molecular weight excluding hydrogens is 330 g/mol. The predicted octanol–water partition coefficient (Wildman–Crippen LogP) is 3.11. The lowest BCUT2D eigenvalue weighted by Crippen LogP contribution is -2.30. The molecule has 1 fully saturated rings. The van der Waals surface area contributed by atoms with Crippen LogP contribution >= 0.6 is 0 Å².